The number of aliphatic hydroxyl groups is 1. The van der Waals surface area contributed by atoms with E-state index in [0.29, 0.717) is 16.3 Å². The molecule has 4 nitrogen and oxygen atoms in total. The van der Waals surface area contributed by atoms with Crippen LogP contribution in [-0.2, 0) is 0 Å². The number of carbonyl (C=O) groups excluding carboxylic acids is 1. The Balaban J connectivity index is 2.05. The van der Waals surface area contributed by atoms with Crippen LogP contribution in [-0.4, -0.2) is 24.7 Å². The lowest BCUT2D eigenvalue weighted by molar-refractivity contribution is 0.0914. The molecule has 1 amide bonds. The minimum Gasteiger partial charge on any atom is -0.496 e. The molecule has 1 unspecified atom stereocenters. The summed E-state index contributed by atoms with van der Waals surface area (Å²) in [5.41, 5.74) is 1.36. The maximum Gasteiger partial charge on any atom is 0.255 e. The van der Waals surface area contributed by atoms with Crippen molar-refractivity contribution in [3.63, 3.8) is 0 Å². The van der Waals surface area contributed by atoms with E-state index < -0.39 is 6.10 Å². The molecule has 0 saturated carbocycles. The van der Waals surface area contributed by atoms with Crippen molar-refractivity contribution < 1.29 is 14.6 Å². The van der Waals surface area contributed by atoms with Gasteiger partial charge in [-0.15, -0.1) is 11.3 Å². The molecule has 1 aromatic carbocycles. The first-order chi connectivity index (χ1) is 10.0. The SMILES string of the molecule is COc1ccc(Cl)cc1C(=O)NCC(O)c1sccc1C. The van der Waals surface area contributed by atoms with E-state index in [1.807, 2.05) is 18.4 Å². The lowest BCUT2D eigenvalue weighted by Gasteiger charge is -2.13. The molecule has 0 spiro atoms. The van der Waals surface area contributed by atoms with Gasteiger partial charge in [0.25, 0.3) is 5.91 Å². The summed E-state index contributed by atoms with van der Waals surface area (Å²) >= 11 is 7.37. The number of aliphatic hydroxyl groups excluding tert-OH is 1. The largest absolute Gasteiger partial charge is 0.496 e. The molecule has 0 aliphatic heterocycles. The molecule has 0 fully saturated rings. The molecule has 0 aliphatic rings. The highest BCUT2D eigenvalue weighted by Gasteiger charge is 2.16. The van der Waals surface area contributed by atoms with Crippen LogP contribution in [0.3, 0.4) is 0 Å². The van der Waals surface area contributed by atoms with Crippen LogP contribution in [0, 0.1) is 6.92 Å². The van der Waals surface area contributed by atoms with Crippen molar-refractivity contribution in [2.24, 2.45) is 0 Å². The summed E-state index contributed by atoms with van der Waals surface area (Å²) in [5.74, 6) is 0.112. The fourth-order valence-corrected chi connectivity index (χ4v) is 3.05. The molecule has 0 radical (unpaired) electrons. The average molecular weight is 326 g/mol. The van der Waals surface area contributed by atoms with Crippen LogP contribution < -0.4 is 10.1 Å². The maximum atomic E-state index is 12.2. The first kappa shape index (κ1) is 15.8. The van der Waals surface area contributed by atoms with E-state index in [0.717, 1.165) is 10.4 Å². The topological polar surface area (TPSA) is 58.6 Å². The van der Waals surface area contributed by atoms with Crippen molar-refractivity contribution in [3.05, 3.63) is 50.7 Å². The predicted octanol–water partition coefficient (Wildman–Crippen LogP) is 3.18. The Morgan fingerprint density at radius 2 is 2.24 bits per heavy atom. The minimum absolute atomic E-state index is 0.135. The van der Waals surface area contributed by atoms with Crippen LogP contribution in [0.4, 0.5) is 0 Å². The molecule has 0 aliphatic carbocycles. The molecule has 21 heavy (non-hydrogen) atoms. The van der Waals surface area contributed by atoms with Crippen LogP contribution in [0.15, 0.2) is 29.6 Å². The Bertz CT molecular complexity index is 642. The Morgan fingerprint density at radius 1 is 1.48 bits per heavy atom. The van der Waals surface area contributed by atoms with E-state index in [-0.39, 0.29) is 12.5 Å². The van der Waals surface area contributed by atoms with Gasteiger partial charge in [0.05, 0.1) is 12.7 Å². The number of thiophene rings is 1. The fraction of sp³-hybridized carbons (Fsp3) is 0.267. The fourth-order valence-electron chi connectivity index (χ4n) is 1.96. The molecule has 112 valence electrons. The summed E-state index contributed by atoms with van der Waals surface area (Å²) in [7, 11) is 1.49. The highest BCUT2D eigenvalue weighted by Crippen LogP contribution is 2.24. The second-order valence-electron chi connectivity index (χ2n) is 4.54. The van der Waals surface area contributed by atoms with Gasteiger partial charge in [0.2, 0.25) is 0 Å². The van der Waals surface area contributed by atoms with Gasteiger partial charge in [0.1, 0.15) is 11.9 Å². The van der Waals surface area contributed by atoms with E-state index in [4.69, 9.17) is 16.3 Å². The summed E-state index contributed by atoms with van der Waals surface area (Å²) in [6, 6.07) is 6.77. The average Bonchev–Trinajstić information content (AvgIpc) is 2.90. The van der Waals surface area contributed by atoms with Crippen molar-refractivity contribution >= 4 is 28.8 Å². The van der Waals surface area contributed by atoms with Crippen LogP contribution in [0.25, 0.3) is 0 Å². The third-order valence-electron chi connectivity index (χ3n) is 3.07. The number of hydrogen-bond donors (Lipinski definition) is 2. The third-order valence-corrected chi connectivity index (χ3v) is 4.42. The van der Waals surface area contributed by atoms with Crippen LogP contribution in [0.1, 0.15) is 26.9 Å². The van der Waals surface area contributed by atoms with Crippen LogP contribution in [0.5, 0.6) is 5.75 Å². The van der Waals surface area contributed by atoms with Gasteiger partial charge in [0.15, 0.2) is 0 Å². The molecule has 0 saturated heterocycles. The zero-order chi connectivity index (χ0) is 15.4. The monoisotopic (exact) mass is 325 g/mol. The van der Waals surface area contributed by atoms with Gasteiger partial charge in [-0.05, 0) is 42.1 Å². The first-order valence-electron chi connectivity index (χ1n) is 6.36. The quantitative estimate of drug-likeness (QED) is 0.887. The number of halogens is 1. The number of hydrogen-bond acceptors (Lipinski definition) is 4. The highest BCUT2D eigenvalue weighted by molar-refractivity contribution is 7.10. The van der Waals surface area contributed by atoms with E-state index in [1.54, 1.807) is 18.2 Å². The van der Waals surface area contributed by atoms with Crippen molar-refractivity contribution in [2.75, 3.05) is 13.7 Å². The highest BCUT2D eigenvalue weighted by atomic mass is 35.5. The molecule has 6 heteroatoms. The maximum absolute atomic E-state index is 12.2. The van der Waals surface area contributed by atoms with Gasteiger partial charge in [0, 0.05) is 16.4 Å². The van der Waals surface area contributed by atoms with Crippen molar-refractivity contribution in [1.29, 1.82) is 0 Å². The summed E-state index contributed by atoms with van der Waals surface area (Å²) in [6.07, 6.45) is -0.723. The molecule has 1 aromatic heterocycles. The van der Waals surface area contributed by atoms with Gasteiger partial charge in [-0.2, -0.15) is 0 Å². The second-order valence-corrected chi connectivity index (χ2v) is 5.92. The lowest BCUT2D eigenvalue weighted by Crippen LogP contribution is -2.28. The van der Waals surface area contributed by atoms with Crippen LogP contribution >= 0.6 is 22.9 Å². The first-order valence-corrected chi connectivity index (χ1v) is 7.62. The molecule has 2 N–H and O–H groups in total. The predicted molar refractivity (Wildman–Crippen MR) is 84.4 cm³/mol. The number of methoxy groups -OCH3 is 1. The number of benzene rings is 1. The lowest BCUT2D eigenvalue weighted by atomic mass is 10.1. The number of ether oxygens (including phenoxy) is 1. The van der Waals surface area contributed by atoms with Crippen molar-refractivity contribution in [2.45, 2.75) is 13.0 Å². The molecule has 1 heterocycles. The van der Waals surface area contributed by atoms with E-state index in [1.165, 1.54) is 18.4 Å². The van der Waals surface area contributed by atoms with E-state index in [2.05, 4.69) is 5.32 Å². The van der Waals surface area contributed by atoms with Crippen LogP contribution in [0.2, 0.25) is 5.02 Å². The number of carbonyl (C=O) groups is 1. The molecule has 2 rings (SSSR count). The Morgan fingerprint density at radius 3 is 2.86 bits per heavy atom. The van der Waals surface area contributed by atoms with E-state index >= 15 is 0 Å². The van der Waals surface area contributed by atoms with Crippen molar-refractivity contribution in [3.8, 4) is 5.75 Å². The zero-order valence-corrected chi connectivity index (χ0v) is 13.3. The Labute approximate surface area is 132 Å². The Kier molecular flexibility index (Phi) is 5.22. The number of amides is 1. The van der Waals surface area contributed by atoms with Gasteiger partial charge in [-0.1, -0.05) is 11.6 Å². The number of aryl methyl sites for hydroxylation is 1. The number of nitrogens with one attached hydrogen (secondary N) is 1. The third kappa shape index (κ3) is 3.75. The standard InChI is InChI=1S/C15H16ClNO3S/c1-9-5-6-21-14(9)12(18)8-17-15(19)11-7-10(16)3-4-13(11)20-2/h3-7,12,18H,8H2,1-2H3,(H,17,19). The Hall–Kier alpha value is -1.56. The van der Waals surface area contributed by atoms with Gasteiger partial charge >= 0.3 is 0 Å². The van der Waals surface area contributed by atoms with Gasteiger partial charge in [-0.25, -0.2) is 0 Å². The normalized spacial score (nSPS) is 12.0. The molecule has 0 bridgehead atoms. The second kappa shape index (κ2) is 6.93. The minimum atomic E-state index is -0.723. The van der Waals surface area contributed by atoms with Crippen molar-refractivity contribution in [1.82, 2.24) is 5.32 Å². The molecule has 2 aromatic rings. The summed E-state index contributed by atoms with van der Waals surface area (Å²) in [6.45, 7) is 2.06. The summed E-state index contributed by atoms with van der Waals surface area (Å²) in [4.78, 5) is 13.0. The number of rotatable bonds is 5. The molecular formula is C15H16ClNO3S. The summed E-state index contributed by atoms with van der Waals surface area (Å²) < 4.78 is 5.14. The van der Waals surface area contributed by atoms with E-state index in [9.17, 15) is 9.90 Å². The van der Waals surface area contributed by atoms with Gasteiger partial charge < -0.3 is 15.2 Å². The molecule has 1 atom stereocenters. The smallest absolute Gasteiger partial charge is 0.255 e. The van der Waals surface area contributed by atoms with Gasteiger partial charge in [-0.3, -0.25) is 4.79 Å². The molecular weight excluding hydrogens is 310 g/mol. The zero-order valence-electron chi connectivity index (χ0n) is 11.7. The summed E-state index contributed by atoms with van der Waals surface area (Å²) in [5, 5.41) is 15.2.